The van der Waals surface area contributed by atoms with Crippen LogP contribution in [-0.2, 0) is 10.0 Å². The molecule has 3 rings (SSSR count). The number of carbonyl (C=O) groups excluding carboxylic acids is 1. The zero-order valence-corrected chi connectivity index (χ0v) is 14.7. The van der Waals surface area contributed by atoms with Crippen molar-refractivity contribution in [2.45, 2.75) is 11.8 Å². The maximum atomic E-state index is 12.4. The standard InChI is InChI=1S/C18H16N2O5S/c1-2-19-26(23,24)15-5-3-4-13(11-15)18(22)20-14-7-8-16-12(10-14)6-9-17(21)25-16/h3-11,19H,2H2,1H3,(H,20,22). The van der Waals surface area contributed by atoms with Crippen molar-refractivity contribution in [2.24, 2.45) is 0 Å². The highest BCUT2D eigenvalue weighted by atomic mass is 32.2. The van der Waals surface area contributed by atoms with E-state index in [4.69, 9.17) is 4.42 Å². The summed E-state index contributed by atoms with van der Waals surface area (Å²) in [6.45, 7) is 1.93. The third kappa shape index (κ3) is 3.81. The SMILES string of the molecule is CCNS(=O)(=O)c1cccc(C(=O)Nc2ccc3oc(=O)ccc3c2)c1. The second-order valence-electron chi connectivity index (χ2n) is 5.49. The summed E-state index contributed by atoms with van der Waals surface area (Å²) in [6.07, 6.45) is 0. The molecule has 0 spiro atoms. The molecule has 1 amide bonds. The fraction of sp³-hybridized carbons (Fsp3) is 0.111. The van der Waals surface area contributed by atoms with E-state index in [1.807, 2.05) is 0 Å². The van der Waals surface area contributed by atoms with E-state index in [2.05, 4.69) is 10.0 Å². The minimum absolute atomic E-state index is 0.0206. The van der Waals surface area contributed by atoms with Gasteiger partial charge in [0.1, 0.15) is 5.58 Å². The highest BCUT2D eigenvalue weighted by molar-refractivity contribution is 7.89. The fourth-order valence-electron chi connectivity index (χ4n) is 2.43. The first-order valence-electron chi connectivity index (χ1n) is 7.84. The van der Waals surface area contributed by atoms with Crippen molar-refractivity contribution < 1.29 is 17.6 Å². The van der Waals surface area contributed by atoms with Gasteiger partial charge in [-0.15, -0.1) is 0 Å². The largest absolute Gasteiger partial charge is 0.423 e. The van der Waals surface area contributed by atoms with Gasteiger partial charge in [-0.1, -0.05) is 13.0 Å². The van der Waals surface area contributed by atoms with Crippen LogP contribution in [0.5, 0.6) is 0 Å². The van der Waals surface area contributed by atoms with Crippen LogP contribution in [0.3, 0.4) is 0 Å². The molecule has 0 radical (unpaired) electrons. The van der Waals surface area contributed by atoms with Gasteiger partial charge >= 0.3 is 5.63 Å². The molecular formula is C18H16N2O5S. The first-order chi connectivity index (χ1) is 12.4. The van der Waals surface area contributed by atoms with Gasteiger partial charge in [-0.25, -0.2) is 17.9 Å². The quantitative estimate of drug-likeness (QED) is 0.669. The number of anilines is 1. The summed E-state index contributed by atoms with van der Waals surface area (Å²) in [5, 5.41) is 3.36. The van der Waals surface area contributed by atoms with Crippen LogP contribution in [0, 0.1) is 0 Å². The van der Waals surface area contributed by atoms with E-state index < -0.39 is 21.6 Å². The Morgan fingerprint density at radius 2 is 1.88 bits per heavy atom. The Hall–Kier alpha value is -2.97. The highest BCUT2D eigenvalue weighted by Gasteiger charge is 2.15. The lowest BCUT2D eigenvalue weighted by molar-refractivity contribution is 0.102. The van der Waals surface area contributed by atoms with Gasteiger partial charge in [0.05, 0.1) is 4.90 Å². The second-order valence-corrected chi connectivity index (χ2v) is 7.26. The Bertz CT molecular complexity index is 1140. The smallest absolute Gasteiger partial charge is 0.336 e. The van der Waals surface area contributed by atoms with E-state index in [0.29, 0.717) is 16.7 Å². The molecule has 0 aliphatic heterocycles. The summed E-state index contributed by atoms with van der Waals surface area (Å²) >= 11 is 0. The van der Waals surface area contributed by atoms with Crippen LogP contribution in [0.25, 0.3) is 11.0 Å². The number of carbonyl (C=O) groups is 1. The zero-order chi connectivity index (χ0) is 18.7. The van der Waals surface area contributed by atoms with Crippen LogP contribution in [0.2, 0.25) is 0 Å². The highest BCUT2D eigenvalue weighted by Crippen LogP contribution is 2.19. The number of sulfonamides is 1. The van der Waals surface area contributed by atoms with E-state index in [9.17, 15) is 18.0 Å². The van der Waals surface area contributed by atoms with Gasteiger partial charge in [0, 0.05) is 29.2 Å². The number of hydrogen-bond donors (Lipinski definition) is 2. The van der Waals surface area contributed by atoms with Crippen LogP contribution in [-0.4, -0.2) is 20.9 Å². The van der Waals surface area contributed by atoms with Gasteiger partial charge in [-0.2, -0.15) is 0 Å². The van der Waals surface area contributed by atoms with Gasteiger partial charge in [0.2, 0.25) is 10.0 Å². The van der Waals surface area contributed by atoms with Crippen LogP contribution >= 0.6 is 0 Å². The van der Waals surface area contributed by atoms with Crippen LogP contribution < -0.4 is 15.7 Å². The van der Waals surface area contributed by atoms with Gasteiger partial charge in [-0.3, -0.25) is 4.79 Å². The van der Waals surface area contributed by atoms with Crippen molar-refractivity contribution in [3.63, 3.8) is 0 Å². The molecule has 2 aromatic carbocycles. The summed E-state index contributed by atoms with van der Waals surface area (Å²) in [5.74, 6) is -0.449. The van der Waals surface area contributed by atoms with Crippen molar-refractivity contribution in [1.29, 1.82) is 0 Å². The van der Waals surface area contributed by atoms with Crippen LogP contribution in [0.4, 0.5) is 5.69 Å². The Morgan fingerprint density at radius 1 is 1.08 bits per heavy atom. The number of fused-ring (bicyclic) bond motifs is 1. The average Bonchev–Trinajstić information content (AvgIpc) is 2.62. The van der Waals surface area contributed by atoms with E-state index in [-0.39, 0.29) is 17.0 Å². The van der Waals surface area contributed by atoms with E-state index in [1.54, 1.807) is 31.2 Å². The normalized spacial score (nSPS) is 11.4. The lowest BCUT2D eigenvalue weighted by Crippen LogP contribution is -2.23. The van der Waals surface area contributed by atoms with Crippen molar-refractivity contribution in [3.8, 4) is 0 Å². The van der Waals surface area contributed by atoms with Crippen molar-refractivity contribution in [1.82, 2.24) is 4.72 Å². The predicted molar refractivity (Wildman–Crippen MR) is 97.7 cm³/mol. The Balaban J connectivity index is 1.86. The molecule has 0 saturated carbocycles. The van der Waals surface area contributed by atoms with E-state index in [0.717, 1.165) is 0 Å². The lowest BCUT2D eigenvalue weighted by Gasteiger charge is -2.08. The molecule has 0 atom stereocenters. The minimum atomic E-state index is -3.64. The molecule has 3 aromatic rings. The minimum Gasteiger partial charge on any atom is -0.423 e. The molecule has 0 saturated heterocycles. The van der Waals surface area contributed by atoms with Gasteiger partial charge < -0.3 is 9.73 Å². The van der Waals surface area contributed by atoms with Crippen LogP contribution in [0.1, 0.15) is 17.3 Å². The van der Waals surface area contributed by atoms with Crippen LogP contribution in [0.15, 0.2) is 68.7 Å². The van der Waals surface area contributed by atoms with E-state index in [1.165, 1.54) is 30.3 Å². The van der Waals surface area contributed by atoms with Gasteiger partial charge in [-0.05, 0) is 42.5 Å². The van der Waals surface area contributed by atoms with Gasteiger partial charge in [0.25, 0.3) is 5.91 Å². The molecule has 8 heteroatoms. The molecule has 0 unspecified atom stereocenters. The third-order valence-electron chi connectivity index (χ3n) is 3.62. The summed E-state index contributed by atoms with van der Waals surface area (Å²) in [4.78, 5) is 23.7. The summed E-state index contributed by atoms with van der Waals surface area (Å²) in [5.41, 5.74) is 0.669. The molecule has 7 nitrogen and oxygen atoms in total. The third-order valence-corrected chi connectivity index (χ3v) is 5.16. The van der Waals surface area contributed by atoms with Crippen molar-refractivity contribution in [2.75, 3.05) is 11.9 Å². The molecular weight excluding hydrogens is 356 g/mol. The average molecular weight is 372 g/mol. The van der Waals surface area contributed by atoms with E-state index >= 15 is 0 Å². The Morgan fingerprint density at radius 3 is 2.65 bits per heavy atom. The molecule has 26 heavy (non-hydrogen) atoms. The summed E-state index contributed by atoms with van der Waals surface area (Å²) in [6, 6.07) is 13.5. The first kappa shape index (κ1) is 17.8. The molecule has 2 N–H and O–H groups in total. The lowest BCUT2D eigenvalue weighted by atomic mass is 10.2. The second kappa shape index (κ2) is 7.11. The first-order valence-corrected chi connectivity index (χ1v) is 9.32. The molecule has 1 heterocycles. The number of nitrogens with one attached hydrogen (secondary N) is 2. The molecule has 0 aliphatic carbocycles. The number of rotatable bonds is 5. The van der Waals surface area contributed by atoms with Crippen molar-refractivity contribution in [3.05, 3.63) is 70.6 Å². The number of amides is 1. The topological polar surface area (TPSA) is 105 Å². The number of benzene rings is 2. The molecule has 0 fully saturated rings. The summed E-state index contributed by atoms with van der Waals surface area (Å²) in [7, 11) is -3.64. The maximum absolute atomic E-state index is 12.4. The molecule has 0 bridgehead atoms. The Labute approximate surface area is 149 Å². The predicted octanol–water partition coefficient (Wildman–Crippen LogP) is 2.34. The summed E-state index contributed by atoms with van der Waals surface area (Å²) < 4.78 is 31.5. The van der Waals surface area contributed by atoms with Gasteiger partial charge in [0.15, 0.2) is 0 Å². The molecule has 134 valence electrons. The Kier molecular flexibility index (Phi) is 4.88. The number of hydrogen-bond acceptors (Lipinski definition) is 5. The maximum Gasteiger partial charge on any atom is 0.336 e. The molecule has 0 aliphatic rings. The van der Waals surface area contributed by atoms with Crippen molar-refractivity contribution >= 4 is 32.6 Å². The monoisotopic (exact) mass is 372 g/mol. The fourth-order valence-corrected chi connectivity index (χ4v) is 3.52. The molecule has 1 aromatic heterocycles. The zero-order valence-electron chi connectivity index (χ0n) is 13.9.